The molecule has 0 amide bonds. The quantitative estimate of drug-likeness (QED) is 0.757. The van der Waals surface area contributed by atoms with Gasteiger partial charge in [0.2, 0.25) is 0 Å². The zero-order valence-corrected chi connectivity index (χ0v) is 8.87. The molecule has 0 radical (unpaired) electrons. The number of aryl methyl sites for hydroxylation is 1. The summed E-state index contributed by atoms with van der Waals surface area (Å²) in [7, 11) is 1.87. The Balaban J connectivity index is 2.28. The summed E-state index contributed by atoms with van der Waals surface area (Å²) in [6.07, 6.45) is 0. The molecule has 15 heavy (non-hydrogen) atoms. The Morgan fingerprint density at radius 3 is 2.80 bits per heavy atom. The third kappa shape index (κ3) is 1.67. The Hall–Kier alpha value is -1.58. The van der Waals surface area contributed by atoms with Crippen LogP contribution in [-0.4, -0.2) is 24.5 Å². The van der Waals surface area contributed by atoms with Gasteiger partial charge in [-0.1, -0.05) is 12.1 Å². The van der Waals surface area contributed by atoms with Gasteiger partial charge in [-0.3, -0.25) is 4.99 Å². The summed E-state index contributed by atoms with van der Waals surface area (Å²) in [5.41, 5.74) is 7.24. The third-order valence-corrected chi connectivity index (χ3v) is 2.84. The summed E-state index contributed by atoms with van der Waals surface area (Å²) in [6, 6.07) is 5.34. The Bertz CT molecular complexity index is 414. The summed E-state index contributed by atoms with van der Waals surface area (Å²) in [6.45, 7) is 2.35. The lowest BCUT2D eigenvalue weighted by molar-refractivity contribution is 0.412. The molecule has 1 aliphatic rings. The number of nitrogens with zero attached hydrogens (tertiary/aromatic N) is 2. The molecule has 1 aliphatic heterocycles. The summed E-state index contributed by atoms with van der Waals surface area (Å²) in [5.74, 6) is 0.340. The van der Waals surface area contributed by atoms with E-state index in [0.29, 0.717) is 18.1 Å². The van der Waals surface area contributed by atoms with E-state index in [0.717, 1.165) is 5.56 Å². The van der Waals surface area contributed by atoms with Crippen LogP contribution >= 0.6 is 0 Å². The van der Waals surface area contributed by atoms with Gasteiger partial charge in [0.1, 0.15) is 5.82 Å². The summed E-state index contributed by atoms with van der Waals surface area (Å²) in [5, 5.41) is 0. The van der Waals surface area contributed by atoms with Crippen LogP contribution in [0.3, 0.4) is 0 Å². The maximum atomic E-state index is 13.4. The molecule has 0 saturated heterocycles. The SMILES string of the molecule is Cc1ccc(C2CN=C(N)N2C)cc1F. The molecule has 0 spiro atoms. The number of likely N-dealkylation sites (N-methyl/N-ethyl adjacent to an activating group) is 1. The van der Waals surface area contributed by atoms with E-state index in [1.165, 1.54) is 0 Å². The molecule has 1 atom stereocenters. The predicted octanol–water partition coefficient (Wildman–Crippen LogP) is 1.44. The highest BCUT2D eigenvalue weighted by Gasteiger charge is 2.24. The maximum absolute atomic E-state index is 13.4. The van der Waals surface area contributed by atoms with Gasteiger partial charge in [-0.15, -0.1) is 0 Å². The number of halogens is 1. The fourth-order valence-corrected chi connectivity index (χ4v) is 1.72. The van der Waals surface area contributed by atoms with E-state index in [2.05, 4.69) is 4.99 Å². The van der Waals surface area contributed by atoms with Crippen LogP contribution in [0.5, 0.6) is 0 Å². The van der Waals surface area contributed by atoms with Crippen LogP contribution in [0, 0.1) is 12.7 Å². The van der Waals surface area contributed by atoms with Gasteiger partial charge in [-0.2, -0.15) is 0 Å². The summed E-state index contributed by atoms with van der Waals surface area (Å²) >= 11 is 0. The lowest BCUT2D eigenvalue weighted by atomic mass is 10.0. The molecule has 0 fully saturated rings. The highest BCUT2D eigenvalue weighted by molar-refractivity contribution is 5.80. The number of rotatable bonds is 1. The molecule has 3 nitrogen and oxygen atoms in total. The van der Waals surface area contributed by atoms with Gasteiger partial charge < -0.3 is 10.6 Å². The highest BCUT2D eigenvalue weighted by Crippen LogP contribution is 2.25. The van der Waals surface area contributed by atoms with Gasteiger partial charge in [-0.25, -0.2) is 4.39 Å². The molecular weight excluding hydrogens is 193 g/mol. The van der Waals surface area contributed by atoms with Crippen LogP contribution in [0.4, 0.5) is 4.39 Å². The summed E-state index contributed by atoms with van der Waals surface area (Å²) in [4.78, 5) is 5.99. The average Bonchev–Trinajstić information content (AvgIpc) is 2.53. The first kappa shape index (κ1) is 9.96. The fourth-order valence-electron chi connectivity index (χ4n) is 1.72. The Kier molecular flexibility index (Phi) is 2.34. The van der Waals surface area contributed by atoms with E-state index in [-0.39, 0.29) is 11.9 Å². The van der Waals surface area contributed by atoms with Gasteiger partial charge >= 0.3 is 0 Å². The topological polar surface area (TPSA) is 41.6 Å². The molecule has 1 aromatic rings. The van der Waals surface area contributed by atoms with E-state index in [1.807, 2.05) is 18.0 Å². The number of hydrogen-bond acceptors (Lipinski definition) is 3. The van der Waals surface area contributed by atoms with Crippen molar-refractivity contribution in [2.45, 2.75) is 13.0 Å². The number of guanidine groups is 1. The van der Waals surface area contributed by atoms with Crippen molar-refractivity contribution in [3.05, 3.63) is 35.1 Å². The van der Waals surface area contributed by atoms with Crippen molar-refractivity contribution >= 4 is 5.96 Å². The second-order valence-electron chi connectivity index (χ2n) is 3.83. The number of aliphatic imine (C=N–C) groups is 1. The minimum atomic E-state index is -0.175. The zero-order valence-electron chi connectivity index (χ0n) is 8.87. The molecule has 0 aromatic heterocycles. The molecule has 0 bridgehead atoms. The lowest BCUT2D eigenvalue weighted by Crippen LogP contribution is -2.32. The fraction of sp³-hybridized carbons (Fsp3) is 0.364. The average molecular weight is 207 g/mol. The molecule has 1 heterocycles. The van der Waals surface area contributed by atoms with E-state index in [1.54, 1.807) is 19.1 Å². The summed E-state index contributed by atoms with van der Waals surface area (Å²) < 4.78 is 13.4. The molecule has 1 unspecified atom stereocenters. The van der Waals surface area contributed by atoms with Gasteiger partial charge in [-0.05, 0) is 24.1 Å². The van der Waals surface area contributed by atoms with Crippen molar-refractivity contribution in [3.63, 3.8) is 0 Å². The van der Waals surface area contributed by atoms with E-state index < -0.39 is 0 Å². The third-order valence-electron chi connectivity index (χ3n) is 2.84. The Labute approximate surface area is 88.4 Å². The minimum Gasteiger partial charge on any atom is -0.370 e. The monoisotopic (exact) mass is 207 g/mol. The lowest BCUT2D eigenvalue weighted by Gasteiger charge is -2.21. The van der Waals surface area contributed by atoms with Crippen molar-refractivity contribution in [1.29, 1.82) is 0 Å². The van der Waals surface area contributed by atoms with E-state index >= 15 is 0 Å². The van der Waals surface area contributed by atoms with Crippen LogP contribution in [0.2, 0.25) is 0 Å². The largest absolute Gasteiger partial charge is 0.370 e. The second-order valence-corrected chi connectivity index (χ2v) is 3.83. The molecule has 1 aromatic carbocycles. The normalized spacial score (nSPS) is 20.6. The van der Waals surface area contributed by atoms with Crippen LogP contribution in [-0.2, 0) is 0 Å². The predicted molar refractivity (Wildman–Crippen MR) is 58.1 cm³/mol. The standard InChI is InChI=1S/C11H14FN3/c1-7-3-4-8(5-9(7)12)10-6-14-11(13)15(10)2/h3-5,10H,6H2,1-2H3,(H2,13,14). The van der Waals surface area contributed by atoms with Crippen molar-refractivity contribution in [1.82, 2.24) is 4.90 Å². The zero-order chi connectivity index (χ0) is 11.0. The first-order valence-corrected chi connectivity index (χ1v) is 4.88. The number of hydrogen-bond donors (Lipinski definition) is 1. The van der Waals surface area contributed by atoms with Gasteiger partial charge in [0.05, 0.1) is 12.6 Å². The van der Waals surface area contributed by atoms with Crippen molar-refractivity contribution < 1.29 is 4.39 Å². The smallest absolute Gasteiger partial charge is 0.191 e. The maximum Gasteiger partial charge on any atom is 0.191 e. The second kappa shape index (κ2) is 3.53. The van der Waals surface area contributed by atoms with Crippen LogP contribution < -0.4 is 5.73 Å². The molecule has 2 N–H and O–H groups in total. The van der Waals surface area contributed by atoms with E-state index in [4.69, 9.17) is 5.73 Å². The molecule has 4 heteroatoms. The van der Waals surface area contributed by atoms with Gasteiger partial charge in [0, 0.05) is 7.05 Å². The molecule has 0 saturated carbocycles. The molecule has 2 rings (SSSR count). The molecule has 0 aliphatic carbocycles. The van der Waals surface area contributed by atoms with Crippen molar-refractivity contribution in [2.24, 2.45) is 10.7 Å². The first-order chi connectivity index (χ1) is 7.09. The van der Waals surface area contributed by atoms with Gasteiger partial charge in [0.15, 0.2) is 5.96 Å². The minimum absolute atomic E-state index is 0.0695. The van der Waals surface area contributed by atoms with Crippen LogP contribution in [0.15, 0.2) is 23.2 Å². The highest BCUT2D eigenvalue weighted by atomic mass is 19.1. The van der Waals surface area contributed by atoms with Crippen LogP contribution in [0.1, 0.15) is 17.2 Å². The number of benzene rings is 1. The van der Waals surface area contributed by atoms with E-state index in [9.17, 15) is 4.39 Å². The first-order valence-electron chi connectivity index (χ1n) is 4.88. The Morgan fingerprint density at radius 2 is 2.27 bits per heavy atom. The number of nitrogens with two attached hydrogens (primary N) is 1. The van der Waals surface area contributed by atoms with Crippen molar-refractivity contribution in [2.75, 3.05) is 13.6 Å². The van der Waals surface area contributed by atoms with Gasteiger partial charge in [0.25, 0.3) is 0 Å². The molecule has 80 valence electrons. The molecular formula is C11H14FN3. The Morgan fingerprint density at radius 1 is 1.53 bits per heavy atom. The van der Waals surface area contributed by atoms with Crippen molar-refractivity contribution in [3.8, 4) is 0 Å². The van der Waals surface area contributed by atoms with Crippen LogP contribution in [0.25, 0.3) is 0 Å².